The van der Waals surface area contributed by atoms with Crippen LogP contribution in [0.4, 0.5) is 0 Å². The highest BCUT2D eigenvalue weighted by atomic mass is 16.6. The third kappa shape index (κ3) is 3.65. The average Bonchev–Trinajstić information content (AvgIpc) is 3.25. The first-order valence-corrected chi connectivity index (χ1v) is 15.4. The Kier molecular flexibility index (Phi) is 6.93. The van der Waals surface area contributed by atoms with Gasteiger partial charge in [0.15, 0.2) is 6.61 Å². The van der Waals surface area contributed by atoms with Crippen LogP contribution in [0.3, 0.4) is 0 Å². The van der Waals surface area contributed by atoms with Crippen LogP contribution in [0.25, 0.3) is 0 Å². The van der Waals surface area contributed by atoms with Crippen molar-refractivity contribution in [2.75, 3.05) is 13.7 Å². The third-order valence-corrected chi connectivity index (χ3v) is 13.9. The molecule has 0 saturated heterocycles. The molecule has 5 aliphatic carbocycles. The molecule has 0 bridgehead atoms. The van der Waals surface area contributed by atoms with E-state index in [-0.39, 0.29) is 46.3 Å². The van der Waals surface area contributed by atoms with Gasteiger partial charge in [-0.1, -0.05) is 46.8 Å². The average molecular weight is 529 g/mol. The summed E-state index contributed by atoms with van der Waals surface area (Å²) in [7, 11) is 1.34. The lowest BCUT2D eigenvalue weighted by Crippen LogP contribution is -2.67. The molecule has 5 rings (SSSR count). The van der Waals surface area contributed by atoms with Crippen LogP contribution in [-0.4, -0.2) is 36.9 Å². The minimum Gasteiger partial charge on any atom is -0.466 e. The number of carbonyl (C=O) groups excluding carboxylic acids is 2. The Balaban J connectivity index is 1.50. The van der Waals surface area contributed by atoms with E-state index in [1.165, 1.54) is 26.4 Å². The van der Waals surface area contributed by atoms with Gasteiger partial charge in [-0.05, 0) is 122 Å². The van der Waals surface area contributed by atoms with Crippen molar-refractivity contribution < 1.29 is 24.2 Å². The number of allylic oxidation sites excluding steroid dienone is 2. The number of esters is 2. The SMILES string of the molecule is C/C=C/[C@@H]1CCC2(C(=O)OCC(=O)OC)CC[C@]3(C)[C@H](CCC4[C@@]5(C)CC[C@H](O)C(C)(C)[C@@H]5CC[C@]43C)C12. The fourth-order valence-electron chi connectivity index (χ4n) is 11.8. The first kappa shape index (κ1) is 28.2. The van der Waals surface area contributed by atoms with Crippen molar-refractivity contribution in [3.05, 3.63) is 12.2 Å². The smallest absolute Gasteiger partial charge is 0.344 e. The van der Waals surface area contributed by atoms with E-state index in [0.717, 1.165) is 44.9 Å². The highest BCUT2D eigenvalue weighted by Gasteiger charge is 2.72. The van der Waals surface area contributed by atoms with Gasteiger partial charge in [-0.25, -0.2) is 4.79 Å². The summed E-state index contributed by atoms with van der Waals surface area (Å²) in [6.07, 6.45) is 14.9. The number of hydrogen-bond acceptors (Lipinski definition) is 5. The van der Waals surface area contributed by atoms with E-state index < -0.39 is 11.4 Å². The summed E-state index contributed by atoms with van der Waals surface area (Å²) in [6.45, 7) is 14.2. The molecule has 5 aliphatic rings. The molecule has 5 heteroatoms. The van der Waals surface area contributed by atoms with Crippen molar-refractivity contribution in [3.8, 4) is 0 Å². The highest BCUT2D eigenvalue weighted by Crippen LogP contribution is 2.77. The van der Waals surface area contributed by atoms with Crippen molar-refractivity contribution in [3.63, 3.8) is 0 Å². The second-order valence-corrected chi connectivity index (χ2v) is 15.1. The van der Waals surface area contributed by atoms with Crippen LogP contribution >= 0.6 is 0 Å². The van der Waals surface area contributed by atoms with Crippen LogP contribution in [-0.2, 0) is 19.1 Å². The molecule has 3 unspecified atom stereocenters. The normalized spacial score (nSPS) is 49.4. The number of methoxy groups -OCH3 is 1. The third-order valence-electron chi connectivity index (χ3n) is 13.9. The predicted octanol–water partition coefficient (Wildman–Crippen LogP) is 6.72. The minimum absolute atomic E-state index is 0.0420. The van der Waals surface area contributed by atoms with E-state index in [1.54, 1.807) is 0 Å². The monoisotopic (exact) mass is 528 g/mol. The molecule has 5 nitrogen and oxygen atoms in total. The maximum absolute atomic E-state index is 13.8. The van der Waals surface area contributed by atoms with Gasteiger partial charge in [0.2, 0.25) is 0 Å². The van der Waals surface area contributed by atoms with Gasteiger partial charge >= 0.3 is 11.9 Å². The first-order chi connectivity index (χ1) is 17.8. The molecule has 0 amide bonds. The minimum atomic E-state index is -0.496. The molecule has 0 heterocycles. The molecule has 0 aromatic heterocycles. The molecule has 5 fully saturated rings. The Labute approximate surface area is 230 Å². The summed E-state index contributed by atoms with van der Waals surface area (Å²) in [5.74, 6) is 1.63. The largest absolute Gasteiger partial charge is 0.466 e. The molecule has 0 aromatic carbocycles. The zero-order valence-electron chi connectivity index (χ0n) is 25.0. The topological polar surface area (TPSA) is 72.8 Å². The molecule has 38 heavy (non-hydrogen) atoms. The molecule has 0 spiro atoms. The van der Waals surface area contributed by atoms with Gasteiger partial charge in [-0.3, -0.25) is 4.79 Å². The summed E-state index contributed by atoms with van der Waals surface area (Å²) < 4.78 is 10.4. The standard InChI is InChI=1S/C33H52O5/c1-8-9-21-12-17-33(28(36)38-20-26(35)37-7)19-18-31(5)22(27(21)33)10-11-24-30(4)15-14-25(34)29(2,3)23(30)13-16-32(24,31)6/h8-9,21-25,27,34H,10-20H2,1-7H3/b9-8+/t21-,22-,23+,24?,25+,27?,30+,31-,32-,33?/m1/s1. The van der Waals surface area contributed by atoms with E-state index in [2.05, 4.69) is 53.7 Å². The fraction of sp³-hybridized carbons (Fsp3) is 0.879. The Morgan fingerprint density at radius 2 is 1.61 bits per heavy atom. The van der Waals surface area contributed by atoms with E-state index >= 15 is 0 Å². The van der Waals surface area contributed by atoms with Gasteiger partial charge in [0, 0.05) is 0 Å². The Bertz CT molecular complexity index is 986. The number of fused-ring (bicyclic) bond motifs is 7. The molecule has 0 radical (unpaired) electrons. The summed E-state index contributed by atoms with van der Waals surface area (Å²) in [5, 5.41) is 11.0. The zero-order chi connectivity index (χ0) is 27.7. The molecular formula is C33H52O5. The van der Waals surface area contributed by atoms with Crippen molar-refractivity contribution in [1.82, 2.24) is 0 Å². The van der Waals surface area contributed by atoms with E-state index in [0.29, 0.717) is 23.7 Å². The lowest BCUT2D eigenvalue weighted by Gasteiger charge is -2.72. The van der Waals surface area contributed by atoms with Crippen LogP contribution < -0.4 is 0 Å². The Morgan fingerprint density at radius 1 is 0.868 bits per heavy atom. The number of rotatable bonds is 4. The number of aliphatic hydroxyl groups is 1. The quantitative estimate of drug-likeness (QED) is 0.324. The molecule has 1 N–H and O–H groups in total. The van der Waals surface area contributed by atoms with Gasteiger partial charge in [0.05, 0.1) is 18.6 Å². The number of aliphatic hydroxyl groups excluding tert-OH is 1. The maximum atomic E-state index is 13.8. The highest BCUT2D eigenvalue weighted by molar-refractivity contribution is 5.81. The van der Waals surface area contributed by atoms with Crippen LogP contribution in [0, 0.1) is 56.7 Å². The molecule has 214 valence electrons. The van der Waals surface area contributed by atoms with E-state index in [9.17, 15) is 14.7 Å². The van der Waals surface area contributed by atoms with Crippen molar-refractivity contribution in [2.24, 2.45) is 56.7 Å². The number of ether oxygens (including phenoxy) is 2. The maximum Gasteiger partial charge on any atom is 0.344 e. The first-order valence-electron chi connectivity index (χ1n) is 15.4. The number of carbonyl (C=O) groups is 2. The summed E-state index contributed by atoms with van der Waals surface area (Å²) in [5.41, 5.74) is 0.0785. The summed E-state index contributed by atoms with van der Waals surface area (Å²) in [4.78, 5) is 25.6. The zero-order valence-corrected chi connectivity index (χ0v) is 25.0. The van der Waals surface area contributed by atoms with Crippen LogP contribution in [0.15, 0.2) is 12.2 Å². The lowest BCUT2D eigenvalue weighted by atomic mass is 9.32. The van der Waals surface area contributed by atoms with Gasteiger partial charge in [0.25, 0.3) is 0 Å². The van der Waals surface area contributed by atoms with Gasteiger partial charge in [-0.2, -0.15) is 0 Å². The molecule has 0 aromatic rings. The Hall–Kier alpha value is -1.36. The Morgan fingerprint density at radius 3 is 2.29 bits per heavy atom. The van der Waals surface area contributed by atoms with Crippen LogP contribution in [0.1, 0.15) is 106 Å². The van der Waals surface area contributed by atoms with Crippen molar-refractivity contribution in [2.45, 2.75) is 112 Å². The molecule has 5 saturated carbocycles. The van der Waals surface area contributed by atoms with Crippen LogP contribution in [0.2, 0.25) is 0 Å². The van der Waals surface area contributed by atoms with Crippen molar-refractivity contribution >= 4 is 11.9 Å². The molecule has 10 atom stereocenters. The molecule has 0 aliphatic heterocycles. The summed E-state index contributed by atoms with van der Waals surface area (Å²) >= 11 is 0. The van der Waals surface area contributed by atoms with Crippen LogP contribution in [0.5, 0.6) is 0 Å². The summed E-state index contributed by atoms with van der Waals surface area (Å²) in [6, 6.07) is 0. The van der Waals surface area contributed by atoms with Gasteiger partial charge < -0.3 is 14.6 Å². The van der Waals surface area contributed by atoms with E-state index in [4.69, 9.17) is 9.47 Å². The second kappa shape index (κ2) is 9.35. The second-order valence-electron chi connectivity index (χ2n) is 15.1. The molecular weight excluding hydrogens is 476 g/mol. The fourth-order valence-corrected chi connectivity index (χ4v) is 11.8. The van der Waals surface area contributed by atoms with Gasteiger partial charge in [-0.15, -0.1) is 0 Å². The van der Waals surface area contributed by atoms with Gasteiger partial charge in [0.1, 0.15) is 0 Å². The lowest BCUT2D eigenvalue weighted by molar-refractivity contribution is -0.248. The predicted molar refractivity (Wildman–Crippen MR) is 148 cm³/mol. The van der Waals surface area contributed by atoms with Crippen molar-refractivity contribution in [1.29, 1.82) is 0 Å². The van der Waals surface area contributed by atoms with E-state index in [1.807, 2.05) is 0 Å². The number of hydrogen-bond donors (Lipinski definition) is 1.